The first-order valence-corrected chi connectivity index (χ1v) is 7.47. The molecule has 1 fully saturated rings. The summed E-state index contributed by atoms with van der Waals surface area (Å²) in [5.74, 6) is -1.81. The predicted molar refractivity (Wildman–Crippen MR) is 81.2 cm³/mol. The first-order chi connectivity index (χ1) is 9.90. The van der Waals surface area contributed by atoms with Crippen LogP contribution in [-0.2, 0) is 16.0 Å². The predicted octanol–water partition coefficient (Wildman–Crippen LogP) is 2.38. The van der Waals surface area contributed by atoms with Crippen molar-refractivity contribution in [2.75, 3.05) is 6.54 Å². The fourth-order valence-electron chi connectivity index (χ4n) is 3.16. The molecule has 1 aliphatic carbocycles. The highest BCUT2D eigenvalue weighted by molar-refractivity contribution is 5.86. The van der Waals surface area contributed by atoms with Gasteiger partial charge in [0.1, 0.15) is 0 Å². The molecule has 2 rings (SSSR count). The van der Waals surface area contributed by atoms with Crippen molar-refractivity contribution < 1.29 is 14.7 Å². The van der Waals surface area contributed by atoms with E-state index in [-0.39, 0.29) is 11.8 Å². The molecule has 0 heterocycles. The Morgan fingerprint density at radius 1 is 1.14 bits per heavy atom. The van der Waals surface area contributed by atoms with Crippen LogP contribution in [0.4, 0.5) is 0 Å². The van der Waals surface area contributed by atoms with Gasteiger partial charge in [-0.2, -0.15) is 0 Å². The molecule has 0 aliphatic heterocycles. The van der Waals surface area contributed by atoms with Gasteiger partial charge in [0.15, 0.2) is 0 Å². The van der Waals surface area contributed by atoms with Crippen LogP contribution in [0.1, 0.15) is 35.1 Å². The van der Waals surface area contributed by atoms with Crippen molar-refractivity contribution in [2.24, 2.45) is 11.8 Å². The molecule has 0 bridgehead atoms. The van der Waals surface area contributed by atoms with Gasteiger partial charge in [-0.3, -0.25) is 9.59 Å². The summed E-state index contributed by atoms with van der Waals surface area (Å²) >= 11 is 0. The van der Waals surface area contributed by atoms with Crippen LogP contribution in [0.5, 0.6) is 0 Å². The minimum absolute atomic E-state index is 0.115. The van der Waals surface area contributed by atoms with Crippen molar-refractivity contribution in [3.63, 3.8) is 0 Å². The van der Waals surface area contributed by atoms with Crippen LogP contribution in [0.15, 0.2) is 12.1 Å². The first kappa shape index (κ1) is 15.5. The summed E-state index contributed by atoms with van der Waals surface area (Å²) in [6.07, 6.45) is 2.09. The van der Waals surface area contributed by atoms with Gasteiger partial charge in [-0.25, -0.2) is 0 Å². The summed E-state index contributed by atoms with van der Waals surface area (Å²) in [7, 11) is 0. The van der Waals surface area contributed by atoms with Crippen LogP contribution in [0, 0.1) is 32.6 Å². The Hall–Kier alpha value is -1.84. The van der Waals surface area contributed by atoms with Crippen molar-refractivity contribution in [1.82, 2.24) is 5.32 Å². The lowest BCUT2D eigenvalue weighted by molar-refractivity contribution is -0.152. The molecule has 1 amide bonds. The van der Waals surface area contributed by atoms with E-state index < -0.39 is 11.9 Å². The third-order valence-electron chi connectivity index (χ3n) is 4.44. The quantitative estimate of drug-likeness (QED) is 0.874. The SMILES string of the molecule is Cc1cc(C)c(CCNC(=O)C2CCC2C(=O)O)c(C)c1. The van der Waals surface area contributed by atoms with Gasteiger partial charge in [-0.05, 0) is 56.7 Å². The summed E-state index contributed by atoms with van der Waals surface area (Å²) in [4.78, 5) is 22.9. The van der Waals surface area contributed by atoms with E-state index in [4.69, 9.17) is 5.11 Å². The minimum atomic E-state index is -0.855. The van der Waals surface area contributed by atoms with Crippen molar-refractivity contribution in [3.8, 4) is 0 Å². The van der Waals surface area contributed by atoms with Crippen LogP contribution >= 0.6 is 0 Å². The molecule has 2 atom stereocenters. The fraction of sp³-hybridized carbons (Fsp3) is 0.529. The van der Waals surface area contributed by atoms with Gasteiger partial charge >= 0.3 is 5.97 Å². The van der Waals surface area contributed by atoms with Gasteiger partial charge in [0.2, 0.25) is 5.91 Å². The second kappa shape index (κ2) is 6.29. The number of carbonyl (C=O) groups is 2. The Morgan fingerprint density at radius 3 is 2.19 bits per heavy atom. The molecule has 0 saturated heterocycles. The van der Waals surface area contributed by atoms with Crippen molar-refractivity contribution >= 4 is 11.9 Å². The summed E-state index contributed by atoms with van der Waals surface area (Å²) in [5, 5.41) is 11.9. The molecule has 1 aliphatic rings. The Morgan fingerprint density at radius 2 is 1.71 bits per heavy atom. The zero-order valence-corrected chi connectivity index (χ0v) is 12.9. The second-order valence-corrected chi connectivity index (χ2v) is 6.05. The lowest BCUT2D eigenvalue weighted by Crippen LogP contribution is -2.44. The monoisotopic (exact) mass is 289 g/mol. The zero-order valence-electron chi connectivity index (χ0n) is 12.9. The number of carboxylic acids is 1. The molecule has 0 aromatic heterocycles. The largest absolute Gasteiger partial charge is 0.481 e. The second-order valence-electron chi connectivity index (χ2n) is 6.05. The highest BCUT2D eigenvalue weighted by Crippen LogP contribution is 2.34. The molecule has 0 spiro atoms. The van der Waals surface area contributed by atoms with Crippen LogP contribution in [0.25, 0.3) is 0 Å². The fourth-order valence-corrected chi connectivity index (χ4v) is 3.16. The normalized spacial score (nSPS) is 20.7. The Balaban J connectivity index is 1.88. The number of aryl methyl sites for hydroxylation is 3. The number of nitrogens with one attached hydrogen (secondary N) is 1. The maximum atomic E-state index is 12.0. The van der Waals surface area contributed by atoms with Gasteiger partial charge in [-0.15, -0.1) is 0 Å². The standard InChI is InChI=1S/C17H23NO3/c1-10-8-11(2)13(12(3)9-10)6-7-18-16(19)14-4-5-15(14)17(20)21/h8-9,14-15H,4-7H2,1-3H3,(H,18,19)(H,20,21). The lowest BCUT2D eigenvalue weighted by Gasteiger charge is -2.31. The average Bonchev–Trinajstić information content (AvgIpc) is 2.30. The molecule has 21 heavy (non-hydrogen) atoms. The lowest BCUT2D eigenvalue weighted by atomic mass is 9.73. The van der Waals surface area contributed by atoms with Crippen LogP contribution in [-0.4, -0.2) is 23.5 Å². The molecule has 4 nitrogen and oxygen atoms in total. The third kappa shape index (κ3) is 3.43. The first-order valence-electron chi connectivity index (χ1n) is 7.47. The van der Waals surface area contributed by atoms with Gasteiger partial charge in [0.25, 0.3) is 0 Å². The van der Waals surface area contributed by atoms with E-state index in [0.717, 1.165) is 6.42 Å². The number of rotatable bonds is 5. The molecular formula is C17H23NO3. The molecule has 2 unspecified atom stereocenters. The van der Waals surface area contributed by atoms with E-state index in [1.807, 2.05) is 0 Å². The average molecular weight is 289 g/mol. The number of carboxylic acid groups (broad SMARTS) is 1. The molecule has 0 radical (unpaired) electrons. The smallest absolute Gasteiger partial charge is 0.307 e. The van der Waals surface area contributed by atoms with Gasteiger partial charge < -0.3 is 10.4 Å². The molecule has 2 N–H and O–H groups in total. The topological polar surface area (TPSA) is 66.4 Å². The summed E-state index contributed by atoms with van der Waals surface area (Å²) in [5.41, 5.74) is 5.00. The van der Waals surface area contributed by atoms with Crippen LogP contribution in [0.2, 0.25) is 0 Å². The van der Waals surface area contributed by atoms with Gasteiger partial charge in [0, 0.05) is 6.54 Å². The minimum Gasteiger partial charge on any atom is -0.481 e. The molecule has 114 valence electrons. The van der Waals surface area contributed by atoms with Gasteiger partial charge in [-0.1, -0.05) is 17.7 Å². The van der Waals surface area contributed by atoms with Crippen molar-refractivity contribution in [2.45, 2.75) is 40.0 Å². The van der Waals surface area contributed by atoms with E-state index in [9.17, 15) is 9.59 Å². The highest BCUT2D eigenvalue weighted by atomic mass is 16.4. The zero-order chi connectivity index (χ0) is 15.6. The van der Waals surface area contributed by atoms with Crippen LogP contribution < -0.4 is 5.32 Å². The Bertz CT molecular complexity index is 542. The van der Waals surface area contributed by atoms with Crippen LogP contribution in [0.3, 0.4) is 0 Å². The Kier molecular flexibility index (Phi) is 4.66. The number of hydrogen-bond acceptors (Lipinski definition) is 2. The van der Waals surface area contributed by atoms with E-state index in [0.29, 0.717) is 19.4 Å². The number of carbonyl (C=O) groups excluding carboxylic acids is 1. The summed E-state index contributed by atoms with van der Waals surface area (Å²) in [6, 6.07) is 4.30. The highest BCUT2D eigenvalue weighted by Gasteiger charge is 2.41. The van der Waals surface area contributed by atoms with Gasteiger partial charge in [0.05, 0.1) is 11.8 Å². The Labute approximate surface area is 125 Å². The van der Waals surface area contributed by atoms with Crippen molar-refractivity contribution in [1.29, 1.82) is 0 Å². The third-order valence-corrected chi connectivity index (χ3v) is 4.44. The van der Waals surface area contributed by atoms with E-state index in [1.54, 1.807) is 0 Å². The maximum Gasteiger partial charge on any atom is 0.307 e. The molecular weight excluding hydrogens is 266 g/mol. The number of hydrogen-bond donors (Lipinski definition) is 2. The van der Waals surface area contributed by atoms with Crippen molar-refractivity contribution in [3.05, 3.63) is 34.4 Å². The maximum absolute atomic E-state index is 12.0. The number of benzene rings is 1. The van der Waals surface area contributed by atoms with E-state index in [1.165, 1.54) is 22.3 Å². The number of amides is 1. The molecule has 4 heteroatoms. The molecule has 1 aromatic rings. The van der Waals surface area contributed by atoms with E-state index >= 15 is 0 Å². The number of aliphatic carboxylic acids is 1. The summed E-state index contributed by atoms with van der Waals surface area (Å²) in [6.45, 7) is 6.81. The molecule has 1 saturated carbocycles. The van der Waals surface area contributed by atoms with E-state index in [2.05, 4.69) is 38.2 Å². The molecule has 1 aromatic carbocycles. The summed E-state index contributed by atoms with van der Waals surface area (Å²) < 4.78 is 0.